The van der Waals surface area contributed by atoms with Gasteiger partial charge in [0.25, 0.3) is 0 Å². The van der Waals surface area contributed by atoms with Crippen molar-refractivity contribution in [2.45, 2.75) is 39.0 Å². The van der Waals surface area contributed by atoms with Crippen LogP contribution in [0.3, 0.4) is 0 Å². The number of ether oxygens (including phenoxy) is 2. The molecular formula is C16H20FIN2O4. The van der Waals surface area contributed by atoms with E-state index in [1.165, 1.54) is 22.9 Å². The lowest BCUT2D eigenvalue weighted by Crippen LogP contribution is -2.59. The third-order valence-corrected chi connectivity index (χ3v) is 4.56. The molecule has 1 heterocycles. The predicted molar refractivity (Wildman–Crippen MR) is 95.3 cm³/mol. The zero-order valence-corrected chi connectivity index (χ0v) is 16.4. The second kappa shape index (κ2) is 6.38. The van der Waals surface area contributed by atoms with Gasteiger partial charge in [0.2, 0.25) is 0 Å². The average molecular weight is 450 g/mol. The van der Waals surface area contributed by atoms with E-state index in [4.69, 9.17) is 9.47 Å². The molecule has 0 N–H and O–H groups in total. The fourth-order valence-electron chi connectivity index (χ4n) is 2.31. The second-order valence-corrected chi connectivity index (χ2v) is 7.91. The highest BCUT2D eigenvalue weighted by Crippen LogP contribution is 2.34. The first-order chi connectivity index (χ1) is 11.0. The number of benzene rings is 1. The molecule has 2 rings (SSSR count). The normalized spacial score (nSPS) is 20.8. The minimum absolute atomic E-state index is 0.0464. The maximum absolute atomic E-state index is 13.9. The number of carbonyl (C=O) groups is 2. The Kier molecular flexibility index (Phi) is 4.98. The van der Waals surface area contributed by atoms with E-state index in [0.29, 0.717) is 9.26 Å². The highest BCUT2D eigenvalue weighted by molar-refractivity contribution is 14.1. The van der Waals surface area contributed by atoms with Crippen molar-refractivity contribution in [1.82, 2.24) is 4.90 Å². The molecule has 1 aromatic rings. The number of cyclic esters (lactones) is 1. The molecular weight excluding hydrogens is 430 g/mol. The van der Waals surface area contributed by atoms with Crippen LogP contribution in [0.5, 0.6) is 0 Å². The molecule has 1 atom stereocenters. The Morgan fingerprint density at radius 2 is 2.08 bits per heavy atom. The molecule has 132 valence electrons. The summed E-state index contributed by atoms with van der Waals surface area (Å²) in [5.74, 6) is -0.449. The zero-order chi connectivity index (χ0) is 18.3. The van der Waals surface area contributed by atoms with Crippen LogP contribution in [0.4, 0.5) is 19.7 Å². The molecule has 1 aliphatic rings. The molecule has 2 amide bonds. The highest BCUT2D eigenvalue weighted by Gasteiger charge is 2.50. The molecule has 0 unspecified atom stereocenters. The van der Waals surface area contributed by atoms with E-state index in [1.807, 2.05) is 22.6 Å². The van der Waals surface area contributed by atoms with Crippen molar-refractivity contribution in [3.63, 3.8) is 0 Å². The molecule has 1 fully saturated rings. The van der Waals surface area contributed by atoms with Gasteiger partial charge in [-0.15, -0.1) is 0 Å². The van der Waals surface area contributed by atoms with Gasteiger partial charge in [-0.1, -0.05) is 0 Å². The molecule has 0 saturated carbocycles. The summed E-state index contributed by atoms with van der Waals surface area (Å²) in [5.41, 5.74) is -1.49. The van der Waals surface area contributed by atoms with E-state index in [9.17, 15) is 14.0 Å². The lowest BCUT2D eigenvalue weighted by atomic mass is 10.1. The maximum Gasteiger partial charge on any atom is 0.416 e. The number of carbonyl (C=O) groups excluding carboxylic acids is 2. The van der Waals surface area contributed by atoms with Crippen molar-refractivity contribution in [2.24, 2.45) is 0 Å². The van der Waals surface area contributed by atoms with Gasteiger partial charge in [-0.3, -0.25) is 9.80 Å². The fraction of sp³-hybridized carbons (Fsp3) is 0.500. The number of rotatable bonds is 2. The monoisotopic (exact) mass is 450 g/mol. The van der Waals surface area contributed by atoms with Gasteiger partial charge in [0.15, 0.2) is 5.66 Å². The Hall–Kier alpha value is -1.58. The Bertz CT molecular complexity index is 677. The summed E-state index contributed by atoms with van der Waals surface area (Å²) in [6.07, 6.45) is -1.24. The van der Waals surface area contributed by atoms with Crippen LogP contribution in [-0.2, 0) is 9.47 Å². The van der Waals surface area contributed by atoms with Crippen molar-refractivity contribution < 1.29 is 23.5 Å². The smallest absolute Gasteiger partial charge is 0.416 e. The van der Waals surface area contributed by atoms with Crippen LogP contribution < -0.4 is 4.90 Å². The maximum atomic E-state index is 13.9. The topological polar surface area (TPSA) is 59.1 Å². The molecule has 1 saturated heterocycles. The Morgan fingerprint density at radius 1 is 1.46 bits per heavy atom. The van der Waals surface area contributed by atoms with Crippen LogP contribution in [0.25, 0.3) is 0 Å². The fourth-order valence-corrected chi connectivity index (χ4v) is 2.64. The Balaban J connectivity index is 2.37. The van der Waals surface area contributed by atoms with E-state index in [0.717, 1.165) is 0 Å². The molecule has 0 spiro atoms. The summed E-state index contributed by atoms with van der Waals surface area (Å²) in [4.78, 5) is 27.1. The van der Waals surface area contributed by atoms with E-state index in [2.05, 4.69) is 0 Å². The van der Waals surface area contributed by atoms with E-state index < -0.39 is 29.3 Å². The summed E-state index contributed by atoms with van der Waals surface area (Å²) >= 11 is 1.86. The number of nitrogens with zero attached hydrogens (tertiary/aromatic N) is 2. The van der Waals surface area contributed by atoms with Crippen LogP contribution in [-0.4, -0.2) is 42.0 Å². The SMILES string of the molecule is CN(C(=O)OC(C)(C)C)[C@]1(C)COC(=O)N1c1ccc(I)c(F)c1. The average Bonchev–Trinajstić information content (AvgIpc) is 2.76. The van der Waals surface area contributed by atoms with E-state index >= 15 is 0 Å². The lowest BCUT2D eigenvalue weighted by Gasteiger charge is -2.40. The Morgan fingerprint density at radius 3 is 2.62 bits per heavy atom. The number of likely N-dealkylation sites (N-methyl/N-ethyl adjacent to an activating group) is 1. The molecule has 0 aliphatic carbocycles. The van der Waals surface area contributed by atoms with Crippen molar-refractivity contribution in [1.29, 1.82) is 0 Å². The van der Waals surface area contributed by atoms with Gasteiger partial charge in [-0.25, -0.2) is 14.0 Å². The molecule has 1 aromatic carbocycles. The van der Waals surface area contributed by atoms with Crippen LogP contribution in [0.1, 0.15) is 27.7 Å². The van der Waals surface area contributed by atoms with Crippen LogP contribution in [0.2, 0.25) is 0 Å². The van der Waals surface area contributed by atoms with Crippen molar-refractivity contribution >= 4 is 40.5 Å². The molecule has 6 nitrogen and oxygen atoms in total. The third-order valence-electron chi connectivity index (χ3n) is 3.68. The van der Waals surface area contributed by atoms with Crippen LogP contribution >= 0.6 is 22.6 Å². The quantitative estimate of drug-likeness (QED) is 0.640. The predicted octanol–water partition coefficient (Wildman–Crippen LogP) is 3.97. The van der Waals surface area contributed by atoms with Gasteiger partial charge in [-0.2, -0.15) is 0 Å². The summed E-state index contributed by atoms with van der Waals surface area (Å²) in [5, 5.41) is 0. The van der Waals surface area contributed by atoms with E-state index in [-0.39, 0.29) is 6.61 Å². The second-order valence-electron chi connectivity index (χ2n) is 6.74. The molecule has 1 aliphatic heterocycles. The van der Waals surface area contributed by atoms with Crippen LogP contribution in [0.15, 0.2) is 18.2 Å². The molecule has 0 bridgehead atoms. The summed E-state index contributed by atoms with van der Waals surface area (Å²) in [6, 6.07) is 4.42. The molecule has 0 aromatic heterocycles. The number of hydrogen-bond donors (Lipinski definition) is 0. The number of halogens is 2. The van der Waals surface area contributed by atoms with Gasteiger partial charge in [-0.05, 0) is 68.5 Å². The number of amides is 2. The largest absolute Gasteiger partial charge is 0.445 e. The number of hydrogen-bond acceptors (Lipinski definition) is 4. The first-order valence-electron chi connectivity index (χ1n) is 7.34. The molecule has 0 radical (unpaired) electrons. The van der Waals surface area contributed by atoms with Crippen LogP contribution in [0, 0.1) is 9.39 Å². The molecule has 8 heteroatoms. The van der Waals surface area contributed by atoms with Gasteiger partial charge >= 0.3 is 12.2 Å². The number of anilines is 1. The Labute approximate surface area is 154 Å². The van der Waals surface area contributed by atoms with Gasteiger partial charge in [0, 0.05) is 10.6 Å². The first-order valence-corrected chi connectivity index (χ1v) is 8.42. The van der Waals surface area contributed by atoms with Gasteiger partial charge in [0.1, 0.15) is 18.0 Å². The highest BCUT2D eigenvalue weighted by atomic mass is 127. The third kappa shape index (κ3) is 3.57. The lowest BCUT2D eigenvalue weighted by molar-refractivity contribution is 0.00659. The standard InChI is InChI=1S/C16H20FIN2O4/c1-15(2,3)24-13(21)19(5)16(4)9-23-14(22)20(16)10-6-7-12(18)11(17)8-10/h6-8H,9H2,1-5H3/t16-/m0/s1. The minimum Gasteiger partial charge on any atom is -0.445 e. The van der Waals surface area contributed by atoms with Crippen molar-refractivity contribution in [2.75, 3.05) is 18.6 Å². The molecule has 24 heavy (non-hydrogen) atoms. The summed E-state index contributed by atoms with van der Waals surface area (Å²) < 4.78 is 24.8. The first kappa shape index (κ1) is 18.8. The van der Waals surface area contributed by atoms with Gasteiger partial charge < -0.3 is 9.47 Å². The van der Waals surface area contributed by atoms with Gasteiger partial charge in [0.05, 0.1) is 5.69 Å². The van der Waals surface area contributed by atoms with E-state index in [1.54, 1.807) is 39.8 Å². The summed E-state index contributed by atoms with van der Waals surface area (Å²) in [7, 11) is 1.52. The van der Waals surface area contributed by atoms with Crippen molar-refractivity contribution in [3.05, 3.63) is 27.6 Å². The minimum atomic E-state index is -1.13. The summed E-state index contributed by atoms with van der Waals surface area (Å²) in [6.45, 7) is 6.88. The van der Waals surface area contributed by atoms with Crippen molar-refractivity contribution in [3.8, 4) is 0 Å². The zero-order valence-electron chi connectivity index (χ0n) is 14.2.